The van der Waals surface area contributed by atoms with Gasteiger partial charge in [0.15, 0.2) is 5.16 Å². The van der Waals surface area contributed by atoms with Gasteiger partial charge in [0.05, 0.1) is 24.4 Å². The van der Waals surface area contributed by atoms with Gasteiger partial charge in [-0.2, -0.15) is 0 Å². The van der Waals surface area contributed by atoms with Crippen LogP contribution in [0.2, 0.25) is 0 Å². The van der Waals surface area contributed by atoms with Crippen LogP contribution in [0.4, 0.5) is 0 Å². The average Bonchev–Trinajstić information content (AvgIpc) is 2.66. The second kappa shape index (κ2) is 7.98. The molecule has 0 bridgehead atoms. The van der Waals surface area contributed by atoms with Crippen LogP contribution < -0.4 is 5.56 Å². The van der Waals surface area contributed by atoms with Gasteiger partial charge in [-0.3, -0.25) is 14.2 Å². The summed E-state index contributed by atoms with van der Waals surface area (Å²) in [7, 11) is 1.34. The maximum Gasteiger partial charge on any atom is 0.307 e. The van der Waals surface area contributed by atoms with E-state index >= 15 is 0 Å². The van der Waals surface area contributed by atoms with E-state index in [2.05, 4.69) is 9.72 Å². The molecule has 6 heteroatoms. The highest BCUT2D eigenvalue weighted by molar-refractivity contribution is 7.98. The summed E-state index contributed by atoms with van der Waals surface area (Å²) < 4.78 is 6.25. The van der Waals surface area contributed by atoms with E-state index in [1.165, 1.54) is 18.9 Å². The van der Waals surface area contributed by atoms with Crippen LogP contribution in [0.25, 0.3) is 10.9 Å². The van der Waals surface area contributed by atoms with E-state index in [1.807, 2.05) is 48.5 Å². The lowest BCUT2D eigenvalue weighted by Crippen LogP contribution is -2.24. The first-order valence-electron chi connectivity index (χ1n) is 7.92. The fourth-order valence-corrected chi connectivity index (χ4v) is 3.46. The molecule has 0 atom stereocenters. The van der Waals surface area contributed by atoms with Crippen LogP contribution in [0.15, 0.2) is 64.5 Å². The minimum atomic E-state index is -0.348. The zero-order chi connectivity index (χ0) is 17.6. The number of thioether (sulfide) groups is 1. The number of carbonyl (C=O) groups excluding carboxylic acids is 1. The summed E-state index contributed by atoms with van der Waals surface area (Å²) in [5, 5.41) is 1.16. The highest BCUT2D eigenvalue weighted by Crippen LogP contribution is 2.22. The van der Waals surface area contributed by atoms with Gasteiger partial charge < -0.3 is 4.74 Å². The van der Waals surface area contributed by atoms with E-state index in [1.54, 1.807) is 10.6 Å². The Bertz CT molecular complexity index is 938. The van der Waals surface area contributed by atoms with E-state index in [9.17, 15) is 9.59 Å². The summed E-state index contributed by atoms with van der Waals surface area (Å²) in [6.07, 6.45) is 0.134. The largest absolute Gasteiger partial charge is 0.469 e. The lowest BCUT2D eigenvalue weighted by molar-refractivity contribution is -0.140. The molecule has 3 rings (SSSR count). The number of fused-ring (bicyclic) bond motifs is 1. The summed E-state index contributed by atoms with van der Waals surface area (Å²) in [4.78, 5) is 28.9. The number of hydrogen-bond donors (Lipinski definition) is 0. The quantitative estimate of drug-likeness (QED) is 0.386. The number of hydrogen-bond acceptors (Lipinski definition) is 5. The maximum absolute atomic E-state index is 12.8. The zero-order valence-electron chi connectivity index (χ0n) is 13.8. The van der Waals surface area contributed by atoms with Crippen molar-refractivity contribution in [3.05, 3.63) is 70.5 Å². The summed E-state index contributed by atoms with van der Waals surface area (Å²) >= 11 is 1.49. The monoisotopic (exact) mass is 354 g/mol. The third kappa shape index (κ3) is 4.09. The summed E-state index contributed by atoms with van der Waals surface area (Å²) in [6, 6.07) is 17.2. The third-order valence-corrected chi connectivity index (χ3v) is 4.85. The SMILES string of the molecule is COC(=O)CCn1c(SCc2ccccc2)nc2ccccc2c1=O. The van der Waals surface area contributed by atoms with E-state index in [-0.39, 0.29) is 24.5 Å². The van der Waals surface area contributed by atoms with Crippen molar-refractivity contribution in [2.24, 2.45) is 0 Å². The van der Waals surface area contributed by atoms with Crippen molar-refractivity contribution in [3.8, 4) is 0 Å². The highest BCUT2D eigenvalue weighted by Gasteiger charge is 2.13. The van der Waals surface area contributed by atoms with E-state index in [4.69, 9.17) is 0 Å². The smallest absolute Gasteiger partial charge is 0.307 e. The molecule has 0 aliphatic rings. The molecule has 0 saturated heterocycles. The van der Waals surface area contributed by atoms with Crippen LogP contribution >= 0.6 is 11.8 Å². The number of carbonyl (C=O) groups is 1. The molecule has 1 heterocycles. The first kappa shape index (κ1) is 17.2. The van der Waals surface area contributed by atoms with Crippen LogP contribution in [-0.4, -0.2) is 22.6 Å². The van der Waals surface area contributed by atoms with Crippen LogP contribution in [-0.2, 0) is 21.8 Å². The van der Waals surface area contributed by atoms with Gasteiger partial charge in [-0.15, -0.1) is 0 Å². The standard InChI is InChI=1S/C19H18N2O3S/c1-24-17(22)11-12-21-18(23)15-9-5-6-10-16(15)20-19(21)25-13-14-7-3-2-4-8-14/h2-10H,11-13H2,1H3. The normalized spacial score (nSPS) is 10.8. The van der Waals surface area contributed by atoms with Crippen LogP contribution in [0, 0.1) is 0 Å². The van der Waals surface area contributed by atoms with Gasteiger partial charge in [-0.05, 0) is 17.7 Å². The van der Waals surface area contributed by atoms with Crippen molar-refractivity contribution in [2.75, 3.05) is 7.11 Å². The molecule has 128 valence electrons. The van der Waals surface area contributed by atoms with Gasteiger partial charge in [0.1, 0.15) is 0 Å². The molecule has 0 radical (unpaired) electrons. The number of benzene rings is 2. The summed E-state index contributed by atoms with van der Waals surface area (Å²) in [6.45, 7) is 0.250. The van der Waals surface area contributed by atoms with Crippen LogP contribution in [0.5, 0.6) is 0 Å². The number of methoxy groups -OCH3 is 1. The zero-order valence-corrected chi connectivity index (χ0v) is 14.7. The van der Waals surface area contributed by atoms with Gasteiger partial charge in [0.2, 0.25) is 0 Å². The average molecular weight is 354 g/mol. The molecule has 0 fully saturated rings. The van der Waals surface area contributed by atoms with Gasteiger partial charge in [0.25, 0.3) is 5.56 Å². The van der Waals surface area contributed by atoms with E-state index in [0.717, 1.165) is 5.56 Å². The van der Waals surface area contributed by atoms with Crippen molar-refractivity contribution >= 4 is 28.6 Å². The minimum Gasteiger partial charge on any atom is -0.469 e. The molecule has 0 spiro atoms. The molecular weight excluding hydrogens is 336 g/mol. The van der Waals surface area contributed by atoms with Crippen molar-refractivity contribution in [1.82, 2.24) is 9.55 Å². The number of esters is 1. The molecular formula is C19H18N2O3S. The Morgan fingerprint density at radius 3 is 2.60 bits per heavy atom. The van der Waals surface area contributed by atoms with Crippen LogP contribution in [0.1, 0.15) is 12.0 Å². The lowest BCUT2D eigenvalue weighted by atomic mass is 10.2. The Hall–Kier alpha value is -2.60. The summed E-state index contributed by atoms with van der Waals surface area (Å²) in [5.74, 6) is 0.350. The number of para-hydroxylation sites is 1. The number of rotatable bonds is 6. The second-order valence-electron chi connectivity index (χ2n) is 5.47. The Morgan fingerprint density at radius 1 is 1.12 bits per heavy atom. The predicted molar refractivity (Wildman–Crippen MR) is 98.6 cm³/mol. The highest BCUT2D eigenvalue weighted by atomic mass is 32.2. The molecule has 0 aliphatic heterocycles. The Labute approximate surface area is 149 Å². The second-order valence-corrected chi connectivity index (χ2v) is 6.41. The van der Waals surface area contributed by atoms with Crippen molar-refractivity contribution in [1.29, 1.82) is 0 Å². The number of aromatic nitrogens is 2. The third-order valence-electron chi connectivity index (χ3n) is 3.80. The Kier molecular flexibility index (Phi) is 5.50. The van der Waals surface area contributed by atoms with E-state index < -0.39 is 0 Å². The van der Waals surface area contributed by atoms with Crippen molar-refractivity contribution in [2.45, 2.75) is 23.9 Å². The van der Waals surface area contributed by atoms with Gasteiger partial charge in [0, 0.05) is 12.3 Å². The van der Waals surface area contributed by atoms with Crippen molar-refractivity contribution < 1.29 is 9.53 Å². The van der Waals surface area contributed by atoms with E-state index in [0.29, 0.717) is 21.8 Å². The molecule has 25 heavy (non-hydrogen) atoms. The van der Waals surface area contributed by atoms with Gasteiger partial charge >= 0.3 is 5.97 Å². The fourth-order valence-electron chi connectivity index (χ4n) is 2.48. The molecule has 3 aromatic rings. The number of nitrogens with zero attached hydrogens (tertiary/aromatic N) is 2. The molecule has 1 aromatic heterocycles. The first-order valence-corrected chi connectivity index (χ1v) is 8.90. The summed E-state index contributed by atoms with van der Waals surface area (Å²) in [5.41, 5.74) is 1.68. The van der Waals surface area contributed by atoms with Gasteiger partial charge in [-0.1, -0.05) is 54.2 Å². The predicted octanol–water partition coefficient (Wildman–Crippen LogP) is 3.25. The molecule has 0 aliphatic carbocycles. The van der Waals surface area contributed by atoms with Crippen LogP contribution in [0.3, 0.4) is 0 Å². The maximum atomic E-state index is 12.8. The lowest BCUT2D eigenvalue weighted by Gasteiger charge is -2.12. The fraction of sp³-hybridized carbons (Fsp3) is 0.211. The molecule has 0 amide bonds. The Morgan fingerprint density at radius 2 is 1.84 bits per heavy atom. The molecule has 5 nitrogen and oxygen atoms in total. The first-order chi connectivity index (χ1) is 12.2. The van der Waals surface area contributed by atoms with Crippen molar-refractivity contribution in [3.63, 3.8) is 0 Å². The van der Waals surface area contributed by atoms with Gasteiger partial charge in [-0.25, -0.2) is 4.98 Å². The number of ether oxygens (including phenoxy) is 1. The minimum absolute atomic E-state index is 0.134. The topological polar surface area (TPSA) is 61.2 Å². The molecule has 2 aromatic carbocycles. The Balaban J connectivity index is 1.95. The molecule has 0 N–H and O–H groups in total. The molecule has 0 unspecified atom stereocenters. The molecule has 0 saturated carbocycles.